The van der Waals surface area contributed by atoms with Gasteiger partial charge in [-0.25, -0.2) is 0 Å². The number of rotatable bonds is 7. The van der Waals surface area contributed by atoms with Crippen LogP contribution in [0.5, 0.6) is 5.75 Å². The molecule has 1 atom stereocenters. The number of hydrogen-bond acceptors (Lipinski definition) is 5. The van der Waals surface area contributed by atoms with Gasteiger partial charge in [0.05, 0.1) is 5.92 Å². The number of benzene rings is 1. The first-order valence-corrected chi connectivity index (χ1v) is 6.59. The number of nitrogens with one attached hydrogen (secondary N) is 1. The van der Waals surface area contributed by atoms with Gasteiger partial charge in [-0.05, 0) is 17.7 Å². The summed E-state index contributed by atoms with van der Waals surface area (Å²) in [4.78, 5) is 32.8. The minimum absolute atomic E-state index is 0.199. The maximum atomic E-state index is 11.5. The fourth-order valence-corrected chi connectivity index (χ4v) is 1.57. The second-order valence-corrected chi connectivity index (χ2v) is 4.85. The van der Waals surface area contributed by atoms with Crippen molar-refractivity contribution in [1.82, 2.24) is 5.32 Å². The first-order chi connectivity index (χ1) is 9.92. The molecule has 1 rings (SSSR count). The molecule has 1 N–H and O–H groups in total. The van der Waals surface area contributed by atoms with E-state index < -0.39 is 6.23 Å². The number of ether oxygens (including phenoxy) is 2. The zero-order valence-corrected chi connectivity index (χ0v) is 12.3. The van der Waals surface area contributed by atoms with Crippen molar-refractivity contribution in [2.24, 2.45) is 5.92 Å². The van der Waals surface area contributed by atoms with Crippen LogP contribution in [0.1, 0.15) is 26.3 Å². The third-order valence-corrected chi connectivity index (χ3v) is 2.62. The zero-order valence-electron chi connectivity index (χ0n) is 12.3. The highest BCUT2D eigenvalue weighted by Crippen LogP contribution is 2.15. The van der Waals surface area contributed by atoms with Crippen LogP contribution in [0.3, 0.4) is 0 Å². The second kappa shape index (κ2) is 8.04. The minimum atomic E-state index is -0.718. The summed E-state index contributed by atoms with van der Waals surface area (Å²) in [5.41, 5.74) is 0.833. The third-order valence-electron chi connectivity index (χ3n) is 2.62. The second-order valence-electron chi connectivity index (χ2n) is 4.85. The fourth-order valence-electron chi connectivity index (χ4n) is 1.57. The Kier molecular flexibility index (Phi) is 6.39. The molecule has 1 aromatic carbocycles. The monoisotopic (exact) mass is 293 g/mol. The largest absolute Gasteiger partial charge is 0.444 e. The molecule has 0 saturated heterocycles. The van der Waals surface area contributed by atoms with Crippen LogP contribution in [0.25, 0.3) is 0 Å². The standard InChI is InChI=1S/C15H19NO5/c1-10(2)15(19)21-13-6-4-12(5-7-13)8-14(20-9-17)16-11(3)18/h4-7,9-10,14H,8H2,1-3H3,(H,16,18)/t14-/m0/s1. The maximum absolute atomic E-state index is 11.5. The van der Waals surface area contributed by atoms with Gasteiger partial charge in [0.15, 0.2) is 6.23 Å². The average molecular weight is 293 g/mol. The molecule has 0 saturated carbocycles. The van der Waals surface area contributed by atoms with E-state index in [4.69, 9.17) is 9.47 Å². The molecule has 0 aliphatic rings. The molecule has 0 spiro atoms. The molecule has 1 aromatic rings. The molecule has 0 aromatic heterocycles. The third kappa shape index (κ3) is 6.07. The van der Waals surface area contributed by atoms with Gasteiger partial charge in [-0.3, -0.25) is 14.4 Å². The molecule has 0 aliphatic carbocycles. The van der Waals surface area contributed by atoms with E-state index in [1.165, 1.54) is 6.92 Å². The molecule has 0 bridgehead atoms. The molecule has 0 fully saturated rings. The van der Waals surface area contributed by atoms with Crippen molar-refractivity contribution in [3.63, 3.8) is 0 Å². The summed E-state index contributed by atoms with van der Waals surface area (Å²) in [7, 11) is 0. The lowest BCUT2D eigenvalue weighted by molar-refractivity contribution is -0.139. The van der Waals surface area contributed by atoms with Crippen LogP contribution in [0.4, 0.5) is 0 Å². The number of carbonyl (C=O) groups is 3. The Labute approximate surface area is 123 Å². The first-order valence-electron chi connectivity index (χ1n) is 6.59. The van der Waals surface area contributed by atoms with Crippen LogP contribution in [0.15, 0.2) is 24.3 Å². The minimum Gasteiger partial charge on any atom is -0.444 e. The summed E-state index contributed by atoms with van der Waals surface area (Å²) in [6.07, 6.45) is -0.388. The van der Waals surface area contributed by atoms with Crippen molar-refractivity contribution in [2.75, 3.05) is 0 Å². The number of amides is 1. The average Bonchev–Trinajstić information content (AvgIpc) is 2.40. The molecule has 6 heteroatoms. The summed E-state index contributed by atoms with van der Waals surface area (Å²) in [6.45, 7) is 5.14. The van der Waals surface area contributed by atoms with E-state index in [1.807, 2.05) is 0 Å². The Morgan fingerprint density at radius 1 is 1.24 bits per heavy atom. The van der Waals surface area contributed by atoms with E-state index >= 15 is 0 Å². The van der Waals surface area contributed by atoms with Gasteiger partial charge in [0.1, 0.15) is 5.75 Å². The first kappa shape index (κ1) is 16.7. The van der Waals surface area contributed by atoms with Gasteiger partial charge in [0.2, 0.25) is 5.91 Å². The van der Waals surface area contributed by atoms with Crippen molar-refractivity contribution in [1.29, 1.82) is 0 Å². The summed E-state index contributed by atoms with van der Waals surface area (Å²) in [5, 5.41) is 2.51. The Hall–Kier alpha value is -2.37. The van der Waals surface area contributed by atoms with E-state index in [1.54, 1.807) is 38.1 Å². The van der Waals surface area contributed by atoms with Gasteiger partial charge in [0, 0.05) is 13.3 Å². The molecule has 21 heavy (non-hydrogen) atoms. The predicted octanol–water partition coefficient (Wildman–Crippen LogP) is 1.43. The van der Waals surface area contributed by atoms with Crippen molar-refractivity contribution in [3.8, 4) is 5.75 Å². The summed E-state index contributed by atoms with van der Waals surface area (Å²) < 4.78 is 9.94. The van der Waals surface area contributed by atoms with Crippen LogP contribution in [-0.4, -0.2) is 24.6 Å². The predicted molar refractivity (Wildman–Crippen MR) is 75.4 cm³/mol. The molecule has 6 nitrogen and oxygen atoms in total. The lowest BCUT2D eigenvalue weighted by Gasteiger charge is -2.16. The van der Waals surface area contributed by atoms with Gasteiger partial charge < -0.3 is 14.8 Å². The van der Waals surface area contributed by atoms with Gasteiger partial charge >= 0.3 is 5.97 Å². The summed E-state index contributed by atoms with van der Waals surface area (Å²) in [6, 6.07) is 6.79. The van der Waals surface area contributed by atoms with Crippen molar-refractivity contribution in [2.45, 2.75) is 33.4 Å². The molecule has 0 aliphatic heterocycles. The SMILES string of the molecule is CC(=O)N[C@H](Cc1ccc(OC(=O)C(C)C)cc1)OC=O. The van der Waals surface area contributed by atoms with E-state index in [0.29, 0.717) is 18.6 Å². The van der Waals surface area contributed by atoms with Crippen LogP contribution in [0, 0.1) is 5.92 Å². The number of carbonyl (C=O) groups excluding carboxylic acids is 3. The Morgan fingerprint density at radius 3 is 2.33 bits per heavy atom. The van der Waals surface area contributed by atoms with Gasteiger partial charge in [-0.2, -0.15) is 0 Å². The van der Waals surface area contributed by atoms with E-state index in [-0.39, 0.29) is 17.8 Å². The van der Waals surface area contributed by atoms with Gasteiger partial charge in [-0.15, -0.1) is 0 Å². The molecule has 0 heterocycles. The van der Waals surface area contributed by atoms with Crippen LogP contribution >= 0.6 is 0 Å². The van der Waals surface area contributed by atoms with Crippen molar-refractivity contribution < 1.29 is 23.9 Å². The normalized spacial score (nSPS) is 11.6. The molecule has 1 amide bonds. The van der Waals surface area contributed by atoms with E-state index in [2.05, 4.69) is 5.32 Å². The number of hydrogen-bond donors (Lipinski definition) is 1. The lowest BCUT2D eigenvalue weighted by Crippen LogP contribution is -2.36. The quantitative estimate of drug-likeness (QED) is 0.356. The summed E-state index contributed by atoms with van der Waals surface area (Å²) >= 11 is 0. The molecule has 0 radical (unpaired) electrons. The highest BCUT2D eigenvalue weighted by Gasteiger charge is 2.13. The molecule has 0 unspecified atom stereocenters. The highest BCUT2D eigenvalue weighted by molar-refractivity contribution is 5.74. The Balaban J connectivity index is 2.65. The zero-order chi connectivity index (χ0) is 15.8. The van der Waals surface area contributed by atoms with E-state index in [0.717, 1.165) is 5.56 Å². The molecule has 114 valence electrons. The van der Waals surface area contributed by atoms with Crippen LogP contribution in [-0.2, 0) is 25.5 Å². The molecular formula is C15H19NO5. The van der Waals surface area contributed by atoms with Crippen molar-refractivity contribution in [3.05, 3.63) is 29.8 Å². The lowest BCUT2D eigenvalue weighted by atomic mass is 10.1. The summed E-state index contributed by atoms with van der Waals surface area (Å²) in [5.74, 6) is -0.341. The number of esters is 1. The van der Waals surface area contributed by atoms with Crippen LogP contribution < -0.4 is 10.1 Å². The van der Waals surface area contributed by atoms with E-state index in [9.17, 15) is 14.4 Å². The fraction of sp³-hybridized carbons (Fsp3) is 0.400. The molecular weight excluding hydrogens is 274 g/mol. The topological polar surface area (TPSA) is 81.7 Å². The van der Waals surface area contributed by atoms with Gasteiger partial charge in [-0.1, -0.05) is 26.0 Å². The Bertz CT molecular complexity index is 495. The maximum Gasteiger partial charge on any atom is 0.313 e. The Morgan fingerprint density at radius 2 is 1.86 bits per heavy atom. The van der Waals surface area contributed by atoms with Crippen molar-refractivity contribution >= 4 is 18.3 Å². The van der Waals surface area contributed by atoms with Crippen LogP contribution in [0.2, 0.25) is 0 Å². The smallest absolute Gasteiger partial charge is 0.313 e. The highest BCUT2D eigenvalue weighted by atomic mass is 16.5. The van der Waals surface area contributed by atoms with Gasteiger partial charge in [0.25, 0.3) is 6.47 Å².